The van der Waals surface area contributed by atoms with E-state index in [9.17, 15) is 4.79 Å². The molecule has 5 heteroatoms. The first-order valence-electron chi connectivity index (χ1n) is 11.5. The zero-order valence-electron chi connectivity index (χ0n) is 20.7. The molecule has 0 radical (unpaired) electrons. The number of nitrogens with zero attached hydrogens (tertiary/aromatic N) is 1. The topological polar surface area (TPSA) is 54.6 Å². The van der Waals surface area contributed by atoms with Crippen LogP contribution < -0.4 is 9.64 Å². The number of aryl methyl sites for hydroxylation is 2. The van der Waals surface area contributed by atoms with E-state index < -0.39 is 0 Å². The third-order valence-electron chi connectivity index (χ3n) is 6.54. The van der Waals surface area contributed by atoms with Crippen LogP contribution in [0.1, 0.15) is 51.1 Å². The molecule has 34 heavy (non-hydrogen) atoms. The first-order valence-corrected chi connectivity index (χ1v) is 11.5. The molecular formula is C29H32N2O3. The molecule has 0 spiro atoms. The molecule has 0 saturated carbocycles. The fourth-order valence-electron chi connectivity index (χ4n) is 4.87. The SMILES string of the molecule is CCc1cccc2[nH]c(C)c(C(c3ccc(N(C)C)cc3OC)c3ccccc3C(=O)OC)c12. The summed E-state index contributed by atoms with van der Waals surface area (Å²) in [6, 6.07) is 20.3. The number of aromatic nitrogens is 1. The fourth-order valence-corrected chi connectivity index (χ4v) is 4.87. The first-order chi connectivity index (χ1) is 16.4. The Morgan fingerprint density at radius 2 is 1.76 bits per heavy atom. The predicted octanol–water partition coefficient (Wildman–Crippen LogP) is 6.08. The van der Waals surface area contributed by atoms with E-state index in [1.54, 1.807) is 7.11 Å². The molecular weight excluding hydrogens is 424 g/mol. The van der Waals surface area contributed by atoms with E-state index in [1.807, 2.05) is 44.4 Å². The van der Waals surface area contributed by atoms with Crippen molar-refractivity contribution in [3.8, 4) is 5.75 Å². The Balaban J connectivity index is 2.11. The van der Waals surface area contributed by atoms with E-state index in [4.69, 9.17) is 9.47 Å². The minimum Gasteiger partial charge on any atom is -0.496 e. The summed E-state index contributed by atoms with van der Waals surface area (Å²) in [4.78, 5) is 18.5. The van der Waals surface area contributed by atoms with Crippen molar-refractivity contribution in [2.24, 2.45) is 0 Å². The number of aromatic amines is 1. The van der Waals surface area contributed by atoms with Gasteiger partial charge in [-0.3, -0.25) is 0 Å². The van der Waals surface area contributed by atoms with Crippen molar-refractivity contribution in [2.75, 3.05) is 33.2 Å². The van der Waals surface area contributed by atoms with Crippen molar-refractivity contribution in [3.05, 3.63) is 94.2 Å². The Morgan fingerprint density at radius 1 is 1.00 bits per heavy atom. The van der Waals surface area contributed by atoms with Gasteiger partial charge < -0.3 is 19.4 Å². The van der Waals surface area contributed by atoms with Gasteiger partial charge in [0.05, 0.1) is 19.8 Å². The molecule has 0 bridgehead atoms. The van der Waals surface area contributed by atoms with E-state index in [0.29, 0.717) is 5.56 Å². The highest BCUT2D eigenvalue weighted by atomic mass is 16.5. The summed E-state index contributed by atoms with van der Waals surface area (Å²) in [5.74, 6) is 0.194. The lowest BCUT2D eigenvalue weighted by Crippen LogP contribution is -2.14. The summed E-state index contributed by atoms with van der Waals surface area (Å²) in [6.07, 6.45) is 0.906. The maximum atomic E-state index is 12.8. The number of hydrogen-bond donors (Lipinski definition) is 1. The lowest BCUT2D eigenvalue weighted by molar-refractivity contribution is 0.0599. The monoisotopic (exact) mass is 456 g/mol. The van der Waals surface area contributed by atoms with E-state index in [0.717, 1.165) is 45.8 Å². The van der Waals surface area contributed by atoms with Crippen molar-refractivity contribution in [1.82, 2.24) is 4.98 Å². The van der Waals surface area contributed by atoms with Crippen LogP contribution in [0.5, 0.6) is 5.75 Å². The smallest absolute Gasteiger partial charge is 0.338 e. The number of benzene rings is 3. The lowest BCUT2D eigenvalue weighted by atomic mass is 9.80. The number of carbonyl (C=O) groups is 1. The van der Waals surface area contributed by atoms with Gasteiger partial charge in [-0.2, -0.15) is 0 Å². The molecule has 1 N–H and O–H groups in total. The number of carbonyl (C=O) groups excluding carboxylic acids is 1. The lowest BCUT2D eigenvalue weighted by Gasteiger charge is -2.25. The summed E-state index contributed by atoms with van der Waals surface area (Å²) in [6.45, 7) is 4.27. The summed E-state index contributed by atoms with van der Waals surface area (Å²) in [7, 11) is 7.14. The Kier molecular flexibility index (Phi) is 6.64. The predicted molar refractivity (Wildman–Crippen MR) is 138 cm³/mol. The Morgan fingerprint density at radius 3 is 2.44 bits per heavy atom. The van der Waals surface area contributed by atoms with Gasteiger partial charge in [0.25, 0.3) is 0 Å². The van der Waals surface area contributed by atoms with Gasteiger partial charge in [0.1, 0.15) is 5.75 Å². The Labute approximate surface area is 201 Å². The van der Waals surface area contributed by atoms with E-state index in [-0.39, 0.29) is 11.9 Å². The van der Waals surface area contributed by atoms with Crippen LogP contribution in [-0.2, 0) is 11.2 Å². The highest BCUT2D eigenvalue weighted by Gasteiger charge is 2.30. The van der Waals surface area contributed by atoms with Crippen LogP contribution in [0.25, 0.3) is 10.9 Å². The average molecular weight is 457 g/mol. The summed E-state index contributed by atoms with van der Waals surface area (Å²) >= 11 is 0. The second-order valence-corrected chi connectivity index (χ2v) is 8.69. The molecule has 0 aliphatic rings. The van der Waals surface area contributed by atoms with Crippen LogP contribution in [0.3, 0.4) is 0 Å². The Bertz CT molecular complexity index is 1340. The number of hydrogen-bond acceptors (Lipinski definition) is 4. The van der Waals surface area contributed by atoms with Gasteiger partial charge in [-0.25, -0.2) is 4.79 Å². The summed E-state index contributed by atoms with van der Waals surface area (Å²) in [5.41, 5.74) is 8.07. The number of H-pyrrole nitrogens is 1. The maximum Gasteiger partial charge on any atom is 0.338 e. The molecule has 4 rings (SSSR count). The molecule has 1 atom stereocenters. The number of nitrogens with one attached hydrogen (secondary N) is 1. The fraction of sp³-hybridized carbons (Fsp3) is 0.276. The second-order valence-electron chi connectivity index (χ2n) is 8.69. The second kappa shape index (κ2) is 9.64. The molecule has 0 fully saturated rings. The number of methoxy groups -OCH3 is 2. The number of fused-ring (bicyclic) bond motifs is 1. The minimum absolute atomic E-state index is 0.233. The zero-order chi connectivity index (χ0) is 24.4. The molecule has 176 valence electrons. The van der Waals surface area contributed by atoms with Crippen molar-refractivity contribution in [3.63, 3.8) is 0 Å². The molecule has 0 amide bonds. The van der Waals surface area contributed by atoms with Crippen LogP contribution in [0.2, 0.25) is 0 Å². The summed E-state index contributed by atoms with van der Waals surface area (Å²) < 4.78 is 11.1. The first kappa shape index (κ1) is 23.4. The number of anilines is 1. The van der Waals surface area contributed by atoms with Crippen molar-refractivity contribution < 1.29 is 14.3 Å². The standard InChI is InChI=1S/C29H32N2O3/c1-7-19-11-10-14-24-27(19)26(18(2)30-24)28(21-12-8-9-13-22(21)29(32)34-6)23-16-15-20(31(3)4)17-25(23)33-5/h8-17,28,30H,7H2,1-6H3. The van der Waals surface area contributed by atoms with Crippen LogP contribution in [-0.4, -0.2) is 39.3 Å². The van der Waals surface area contributed by atoms with Crippen LogP contribution >= 0.6 is 0 Å². The van der Waals surface area contributed by atoms with Gasteiger partial charge in [0, 0.05) is 53.9 Å². The summed E-state index contributed by atoms with van der Waals surface area (Å²) in [5, 5.41) is 1.20. The number of esters is 1. The molecule has 1 aromatic heterocycles. The van der Waals surface area contributed by atoms with Crippen molar-refractivity contribution in [1.29, 1.82) is 0 Å². The molecule has 1 heterocycles. The molecule has 4 aromatic rings. The zero-order valence-corrected chi connectivity index (χ0v) is 20.7. The molecule has 1 unspecified atom stereocenters. The highest BCUT2D eigenvalue weighted by Crippen LogP contribution is 2.44. The third kappa shape index (κ3) is 4.03. The largest absolute Gasteiger partial charge is 0.496 e. The molecule has 3 aromatic carbocycles. The van der Waals surface area contributed by atoms with Crippen molar-refractivity contribution in [2.45, 2.75) is 26.2 Å². The third-order valence-corrected chi connectivity index (χ3v) is 6.54. The maximum absolute atomic E-state index is 12.8. The van der Waals surface area contributed by atoms with Gasteiger partial charge in [0.2, 0.25) is 0 Å². The van der Waals surface area contributed by atoms with Crippen LogP contribution in [0, 0.1) is 6.92 Å². The highest BCUT2D eigenvalue weighted by molar-refractivity contribution is 5.94. The quantitative estimate of drug-likeness (QED) is 0.343. The number of rotatable bonds is 7. The van der Waals surface area contributed by atoms with Crippen molar-refractivity contribution >= 4 is 22.6 Å². The Hall–Kier alpha value is -3.73. The molecule has 5 nitrogen and oxygen atoms in total. The van der Waals surface area contributed by atoms with Crippen LogP contribution in [0.4, 0.5) is 5.69 Å². The molecule has 0 aliphatic heterocycles. The molecule has 0 saturated heterocycles. The van der Waals surface area contributed by atoms with E-state index >= 15 is 0 Å². The van der Waals surface area contributed by atoms with Gasteiger partial charge in [-0.15, -0.1) is 0 Å². The van der Waals surface area contributed by atoms with Crippen LogP contribution in [0.15, 0.2) is 60.7 Å². The van der Waals surface area contributed by atoms with E-state index in [1.165, 1.54) is 18.1 Å². The number of ether oxygens (including phenoxy) is 2. The van der Waals surface area contributed by atoms with Gasteiger partial charge >= 0.3 is 5.97 Å². The van der Waals surface area contributed by atoms with Gasteiger partial charge in [-0.1, -0.05) is 43.3 Å². The normalized spacial score (nSPS) is 11.9. The van der Waals surface area contributed by atoms with E-state index in [2.05, 4.69) is 54.1 Å². The molecule has 0 aliphatic carbocycles. The minimum atomic E-state index is -0.349. The van der Waals surface area contributed by atoms with Gasteiger partial charge in [-0.05, 0) is 48.2 Å². The average Bonchev–Trinajstić information content (AvgIpc) is 3.19. The van der Waals surface area contributed by atoms with Gasteiger partial charge in [0.15, 0.2) is 0 Å².